The molecule has 1 saturated heterocycles. The van der Waals surface area contributed by atoms with E-state index in [1.165, 1.54) is 12.3 Å². The summed E-state index contributed by atoms with van der Waals surface area (Å²) >= 11 is 0. The van der Waals surface area contributed by atoms with Crippen molar-refractivity contribution >= 4 is 5.91 Å². The van der Waals surface area contributed by atoms with Crippen molar-refractivity contribution in [1.29, 1.82) is 0 Å². The molecule has 0 unspecified atom stereocenters. The predicted molar refractivity (Wildman–Crippen MR) is 56.7 cm³/mol. The van der Waals surface area contributed by atoms with Gasteiger partial charge in [0, 0.05) is 32.5 Å². The summed E-state index contributed by atoms with van der Waals surface area (Å²) in [5.41, 5.74) is 0.276. The van der Waals surface area contributed by atoms with Gasteiger partial charge in [0.2, 0.25) is 0 Å². The van der Waals surface area contributed by atoms with Gasteiger partial charge in [0.1, 0.15) is 11.5 Å². The Bertz CT molecular complexity index is 372. The minimum absolute atomic E-state index is 0.119. The highest BCUT2D eigenvalue weighted by molar-refractivity contribution is 5.92. The summed E-state index contributed by atoms with van der Waals surface area (Å²) in [5.74, 6) is -0.631. The van der Waals surface area contributed by atoms with Gasteiger partial charge in [0.05, 0.1) is 6.10 Å². The maximum absolute atomic E-state index is 12.7. The fourth-order valence-electron chi connectivity index (χ4n) is 1.87. The quantitative estimate of drug-likeness (QED) is 0.846. The Morgan fingerprint density at radius 1 is 1.75 bits per heavy atom. The molecule has 0 aromatic carbocycles. The molecule has 5 heteroatoms. The van der Waals surface area contributed by atoms with E-state index in [1.54, 1.807) is 11.9 Å². The number of nitrogens with one attached hydrogen (secondary N) is 1. The van der Waals surface area contributed by atoms with Crippen molar-refractivity contribution in [2.75, 3.05) is 20.2 Å². The lowest BCUT2D eigenvalue weighted by molar-refractivity contribution is 0.0583. The number of ether oxygens (including phenoxy) is 1. The molecule has 1 amide bonds. The first-order valence-corrected chi connectivity index (χ1v) is 5.38. The van der Waals surface area contributed by atoms with Crippen LogP contribution in [0.25, 0.3) is 0 Å². The maximum Gasteiger partial charge on any atom is 0.270 e. The van der Waals surface area contributed by atoms with Crippen molar-refractivity contribution in [3.8, 4) is 0 Å². The molecule has 1 aliphatic heterocycles. The van der Waals surface area contributed by atoms with Crippen LogP contribution in [0, 0.1) is 5.82 Å². The molecule has 1 aromatic rings. The molecule has 0 spiro atoms. The van der Waals surface area contributed by atoms with Gasteiger partial charge in [-0.05, 0) is 12.8 Å². The van der Waals surface area contributed by atoms with E-state index in [0.29, 0.717) is 6.54 Å². The standard InChI is InChI=1S/C11H15FN2O2/c1-14(7-9-3-2-4-16-9)11(15)10-5-8(12)6-13-10/h5-6,9,13H,2-4,7H2,1H3/t9-/m0/s1. The molecule has 2 heterocycles. The molecule has 16 heavy (non-hydrogen) atoms. The second-order valence-corrected chi connectivity index (χ2v) is 4.05. The maximum atomic E-state index is 12.7. The smallest absolute Gasteiger partial charge is 0.270 e. The summed E-state index contributed by atoms with van der Waals surface area (Å²) in [5, 5.41) is 0. The molecule has 0 bridgehead atoms. The van der Waals surface area contributed by atoms with E-state index in [0.717, 1.165) is 19.4 Å². The Balaban J connectivity index is 1.93. The van der Waals surface area contributed by atoms with Crippen LogP contribution in [0.1, 0.15) is 23.3 Å². The lowest BCUT2D eigenvalue weighted by Crippen LogP contribution is -2.34. The van der Waals surface area contributed by atoms with Crippen molar-refractivity contribution in [3.63, 3.8) is 0 Å². The van der Waals surface area contributed by atoms with Crippen LogP contribution in [0.5, 0.6) is 0 Å². The van der Waals surface area contributed by atoms with Gasteiger partial charge in [-0.1, -0.05) is 0 Å². The van der Waals surface area contributed by atoms with E-state index in [9.17, 15) is 9.18 Å². The number of aromatic amines is 1. The number of carbonyl (C=O) groups is 1. The van der Waals surface area contributed by atoms with Crippen LogP contribution in [-0.4, -0.2) is 42.1 Å². The van der Waals surface area contributed by atoms with Crippen molar-refractivity contribution in [2.24, 2.45) is 0 Å². The van der Waals surface area contributed by atoms with Crippen molar-refractivity contribution in [1.82, 2.24) is 9.88 Å². The van der Waals surface area contributed by atoms with Crippen molar-refractivity contribution in [2.45, 2.75) is 18.9 Å². The third-order valence-electron chi connectivity index (χ3n) is 2.73. The summed E-state index contributed by atoms with van der Waals surface area (Å²) in [6.07, 6.45) is 3.32. The molecule has 2 rings (SSSR count). The molecule has 4 nitrogen and oxygen atoms in total. The fourth-order valence-corrected chi connectivity index (χ4v) is 1.87. The van der Waals surface area contributed by atoms with E-state index >= 15 is 0 Å². The van der Waals surface area contributed by atoms with Gasteiger partial charge in [-0.15, -0.1) is 0 Å². The highest BCUT2D eigenvalue weighted by atomic mass is 19.1. The predicted octanol–water partition coefficient (Wildman–Crippen LogP) is 1.40. The van der Waals surface area contributed by atoms with E-state index in [2.05, 4.69) is 4.98 Å². The van der Waals surface area contributed by atoms with Gasteiger partial charge in [0.25, 0.3) is 5.91 Å². The molecular formula is C11H15FN2O2. The van der Waals surface area contributed by atoms with Crippen LogP contribution in [-0.2, 0) is 4.74 Å². The molecule has 0 aliphatic carbocycles. The zero-order valence-corrected chi connectivity index (χ0v) is 9.20. The van der Waals surface area contributed by atoms with Crippen LogP contribution in [0.3, 0.4) is 0 Å². The third kappa shape index (κ3) is 2.41. The molecule has 1 aromatic heterocycles. The van der Waals surface area contributed by atoms with Crippen LogP contribution >= 0.6 is 0 Å². The minimum Gasteiger partial charge on any atom is -0.376 e. The Labute approximate surface area is 93.4 Å². The fraction of sp³-hybridized carbons (Fsp3) is 0.545. The van der Waals surface area contributed by atoms with E-state index < -0.39 is 5.82 Å². The molecular weight excluding hydrogens is 211 g/mol. The van der Waals surface area contributed by atoms with Gasteiger partial charge in [0.15, 0.2) is 0 Å². The van der Waals surface area contributed by atoms with Gasteiger partial charge >= 0.3 is 0 Å². The number of rotatable bonds is 3. The molecule has 0 radical (unpaired) electrons. The van der Waals surface area contributed by atoms with Gasteiger partial charge < -0.3 is 14.6 Å². The van der Waals surface area contributed by atoms with E-state index in [-0.39, 0.29) is 17.7 Å². The van der Waals surface area contributed by atoms with Crippen LogP contribution < -0.4 is 0 Å². The van der Waals surface area contributed by atoms with E-state index in [4.69, 9.17) is 4.74 Å². The van der Waals surface area contributed by atoms with Crippen LogP contribution in [0.15, 0.2) is 12.3 Å². The number of carbonyl (C=O) groups excluding carboxylic acids is 1. The molecule has 1 N–H and O–H groups in total. The monoisotopic (exact) mass is 226 g/mol. The molecule has 1 fully saturated rings. The highest BCUT2D eigenvalue weighted by Crippen LogP contribution is 2.14. The lowest BCUT2D eigenvalue weighted by Gasteiger charge is -2.20. The zero-order chi connectivity index (χ0) is 11.5. The topological polar surface area (TPSA) is 45.3 Å². The Morgan fingerprint density at radius 3 is 3.12 bits per heavy atom. The molecule has 0 saturated carbocycles. The molecule has 1 aliphatic rings. The Morgan fingerprint density at radius 2 is 2.56 bits per heavy atom. The number of H-pyrrole nitrogens is 1. The van der Waals surface area contributed by atoms with Crippen molar-refractivity contribution < 1.29 is 13.9 Å². The first-order chi connectivity index (χ1) is 7.66. The second kappa shape index (κ2) is 4.65. The summed E-state index contributed by atoms with van der Waals surface area (Å²) in [6.45, 7) is 1.32. The minimum atomic E-state index is -0.422. The van der Waals surface area contributed by atoms with Crippen molar-refractivity contribution in [3.05, 3.63) is 23.8 Å². The third-order valence-corrected chi connectivity index (χ3v) is 2.73. The summed E-state index contributed by atoms with van der Waals surface area (Å²) in [6, 6.07) is 1.20. The zero-order valence-electron chi connectivity index (χ0n) is 9.20. The van der Waals surface area contributed by atoms with Crippen LogP contribution in [0.4, 0.5) is 4.39 Å². The first kappa shape index (κ1) is 11.1. The van der Waals surface area contributed by atoms with E-state index in [1.807, 2.05) is 0 Å². The average Bonchev–Trinajstić information content (AvgIpc) is 2.88. The number of aromatic nitrogens is 1. The number of halogens is 1. The van der Waals surface area contributed by atoms with Gasteiger partial charge in [-0.25, -0.2) is 4.39 Å². The molecule has 1 atom stereocenters. The molecule has 88 valence electrons. The Kier molecular flexibility index (Phi) is 3.24. The largest absolute Gasteiger partial charge is 0.376 e. The summed E-state index contributed by atoms with van der Waals surface area (Å²) in [4.78, 5) is 16.0. The number of amides is 1. The first-order valence-electron chi connectivity index (χ1n) is 5.38. The number of hydrogen-bond donors (Lipinski definition) is 1. The second-order valence-electron chi connectivity index (χ2n) is 4.05. The lowest BCUT2D eigenvalue weighted by atomic mass is 10.2. The summed E-state index contributed by atoms with van der Waals surface area (Å²) in [7, 11) is 1.70. The number of hydrogen-bond acceptors (Lipinski definition) is 2. The normalized spacial score (nSPS) is 20.0. The SMILES string of the molecule is CN(C[C@@H]1CCCO1)C(=O)c1cc(F)c[nH]1. The highest BCUT2D eigenvalue weighted by Gasteiger charge is 2.21. The number of likely N-dealkylation sites (N-methyl/N-ethyl adjacent to an activating group) is 1. The van der Waals surface area contributed by atoms with Gasteiger partial charge in [-0.3, -0.25) is 4.79 Å². The average molecular weight is 226 g/mol. The van der Waals surface area contributed by atoms with Crippen LogP contribution in [0.2, 0.25) is 0 Å². The summed E-state index contributed by atoms with van der Waals surface area (Å²) < 4.78 is 18.2. The number of nitrogens with zero attached hydrogens (tertiary/aromatic N) is 1. The van der Waals surface area contributed by atoms with Gasteiger partial charge in [-0.2, -0.15) is 0 Å². The Hall–Kier alpha value is -1.36.